The van der Waals surface area contributed by atoms with Crippen molar-refractivity contribution >= 4 is 11.6 Å². The topological polar surface area (TPSA) is 42.2 Å². The third kappa shape index (κ3) is 3.60. The van der Waals surface area contributed by atoms with Crippen LogP contribution < -0.4 is 9.47 Å². The Morgan fingerprint density at radius 2 is 1.54 bits per heavy atom. The fourth-order valence-electron chi connectivity index (χ4n) is 2.88. The molecule has 0 radical (unpaired) electrons. The molecule has 0 aromatic heterocycles. The molecule has 0 heterocycles. The zero-order chi connectivity index (χ0) is 18.4. The quantitative estimate of drug-likeness (QED) is 0.602. The molecule has 0 unspecified atom stereocenters. The maximum atomic E-state index is 9.27. The molecule has 3 aromatic carbocycles. The third-order valence-electron chi connectivity index (χ3n) is 4.14. The zero-order valence-corrected chi connectivity index (χ0v) is 14.8. The number of para-hydroxylation sites is 2. The van der Waals surface area contributed by atoms with Crippen molar-refractivity contribution in [2.45, 2.75) is 0 Å². The van der Waals surface area contributed by atoms with Crippen LogP contribution in [0.3, 0.4) is 0 Å². The van der Waals surface area contributed by atoms with E-state index in [-0.39, 0.29) is 0 Å². The minimum atomic E-state index is 0.614. The lowest BCUT2D eigenvalue weighted by Crippen LogP contribution is -1.95. The van der Waals surface area contributed by atoms with Crippen LogP contribution in [0.25, 0.3) is 11.6 Å². The summed E-state index contributed by atoms with van der Waals surface area (Å²) in [5.41, 5.74) is 4.43. The molecule has 3 rings (SSSR count). The fourth-order valence-corrected chi connectivity index (χ4v) is 2.88. The molecule has 0 fully saturated rings. The highest BCUT2D eigenvalue weighted by molar-refractivity contribution is 5.94. The maximum absolute atomic E-state index is 9.27. The minimum Gasteiger partial charge on any atom is -0.496 e. The smallest absolute Gasteiger partial charge is 0.126 e. The van der Waals surface area contributed by atoms with Crippen LogP contribution in [0, 0.1) is 11.3 Å². The van der Waals surface area contributed by atoms with Gasteiger partial charge in [0.15, 0.2) is 0 Å². The monoisotopic (exact) mass is 341 g/mol. The van der Waals surface area contributed by atoms with E-state index in [9.17, 15) is 5.26 Å². The summed E-state index contributed by atoms with van der Waals surface area (Å²) in [6, 6.07) is 25.5. The van der Waals surface area contributed by atoms with Crippen molar-refractivity contribution in [3.63, 3.8) is 0 Å². The first-order chi connectivity index (χ1) is 12.8. The highest BCUT2D eigenvalue weighted by Gasteiger charge is 2.12. The Morgan fingerprint density at radius 1 is 0.846 bits per heavy atom. The Kier molecular flexibility index (Phi) is 5.36. The first-order valence-corrected chi connectivity index (χ1v) is 8.25. The lowest BCUT2D eigenvalue weighted by atomic mass is 9.93. The molecule has 128 valence electrons. The number of ether oxygens (including phenoxy) is 2. The Bertz CT molecular complexity index is 983. The second kappa shape index (κ2) is 8.04. The highest BCUT2D eigenvalue weighted by atomic mass is 16.5. The van der Waals surface area contributed by atoms with Crippen molar-refractivity contribution in [2.24, 2.45) is 0 Å². The first kappa shape index (κ1) is 17.3. The lowest BCUT2D eigenvalue weighted by Gasteiger charge is -2.14. The Balaban J connectivity index is 2.26. The molecule has 0 aliphatic carbocycles. The minimum absolute atomic E-state index is 0.614. The van der Waals surface area contributed by atoms with Gasteiger partial charge in [-0.2, -0.15) is 5.26 Å². The van der Waals surface area contributed by atoms with Crippen LogP contribution in [0.1, 0.15) is 22.3 Å². The lowest BCUT2D eigenvalue weighted by molar-refractivity contribution is 0.413. The van der Waals surface area contributed by atoms with E-state index in [1.54, 1.807) is 20.3 Å². The number of nitrogens with zero attached hydrogens (tertiary/aromatic N) is 1. The molecule has 0 amide bonds. The van der Waals surface area contributed by atoms with E-state index in [1.807, 2.05) is 66.7 Å². The van der Waals surface area contributed by atoms with Crippen LogP contribution >= 0.6 is 0 Å². The Hall–Kier alpha value is -3.51. The Labute approximate surface area is 153 Å². The normalized spacial score (nSPS) is 10.9. The van der Waals surface area contributed by atoms with Crippen LogP contribution in [-0.2, 0) is 0 Å². The molecule has 0 aliphatic heterocycles. The summed E-state index contributed by atoms with van der Waals surface area (Å²) < 4.78 is 11.1. The zero-order valence-electron chi connectivity index (χ0n) is 14.8. The number of methoxy groups -OCH3 is 2. The fraction of sp³-hybridized carbons (Fsp3) is 0.0870. The van der Waals surface area contributed by atoms with Crippen molar-refractivity contribution in [1.82, 2.24) is 0 Å². The first-order valence-electron chi connectivity index (χ1n) is 8.25. The van der Waals surface area contributed by atoms with Crippen LogP contribution in [0.4, 0.5) is 0 Å². The van der Waals surface area contributed by atoms with Crippen LogP contribution in [0.15, 0.2) is 72.8 Å². The van der Waals surface area contributed by atoms with Gasteiger partial charge in [0, 0.05) is 11.1 Å². The van der Waals surface area contributed by atoms with Gasteiger partial charge in [-0.15, -0.1) is 0 Å². The highest BCUT2D eigenvalue weighted by Crippen LogP contribution is 2.34. The molecule has 0 spiro atoms. The van der Waals surface area contributed by atoms with E-state index in [1.165, 1.54) is 0 Å². The number of hydrogen-bond acceptors (Lipinski definition) is 3. The van der Waals surface area contributed by atoms with Gasteiger partial charge in [0.25, 0.3) is 0 Å². The molecular weight excluding hydrogens is 322 g/mol. The van der Waals surface area contributed by atoms with Gasteiger partial charge in [0.1, 0.15) is 11.5 Å². The van der Waals surface area contributed by atoms with Crippen LogP contribution in [0.5, 0.6) is 11.5 Å². The molecule has 0 aliphatic rings. The van der Waals surface area contributed by atoms with Gasteiger partial charge in [0.05, 0.1) is 25.9 Å². The summed E-state index contributed by atoms with van der Waals surface area (Å²) in [6.07, 6.45) is 2.06. The van der Waals surface area contributed by atoms with E-state index < -0.39 is 0 Å². The van der Waals surface area contributed by atoms with Crippen LogP contribution in [-0.4, -0.2) is 14.2 Å². The van der Waals surface area contributed by atoms with E-state index >= 15 is 0 Å². The molecular formula is C23H19NO2. The van der Waals surface area contributed by atoms with Crippen molar-refractivity contribution in [1.29, 1.82) is 5.26 Å². The predicted molar refractivity (Wildman–Crippen MR) is 104 cm³/mol. The van der Waals surface area contributed by atoms with E-state index in [2.05, 4.69) is 12.1 Å². The Morgan fingerprint density at radius 3 is 2.27 bits per heavy atom. The number of nitriles is 1. The van der Waals surface area contributed by atoms with Gasteiger partial charge in [0.2, 0.25) is 0 Å². The average molecular weight is 341 g/mol. The maximum Gasteiger partial charge on any atom is 0.126 e. The van der Waals surface area contributed by atoms with Gasteiger partial charge < -0.3 is 9.47 Å². The molecule has 3 heteroatoms. The molecule has 26 heavy (non-hydrogen) atoms. The molecule has 0 saturated carbocycles. The molecule has 0 atom stereocenters. The van der Waals surface area contributed by atoms with Gasteiger partial charge >= 0.3 is 0 Å². The summed E-state index contributed by atoms with van der Waals surface area (Å²) in [4.78, 5) is 0. The van der Waals surface area contributed by atoms with E-state index in [0.29, 0.717) is 5.56 Å². The second-order valence-corrected chi connectivity index (χ2v) is 5.69. The summed E-state index contributed by atoms with van der Waals surface area (Å²) >= 11 is 0. The molecule has 0 N–H and O–H groups in total. The van der Waals surface area contributed by atoms with Gasteiger partial charge in [-0.3, -0.25) is 0 Å². The molecule has 0 bridgehead atoms. The van der Waals surface area contributed by atoms with Crippen LogP contribution in [0.2, 0.25) is 0 Å². The summed E-state index contributed by atoms with van der Waals surface area (Å²) in [7, 11) is 3.32. The number of hydrogen-bond donors (Lipinski definition) is 0. The number of rotatable bonds is 5. The SMILES string of the molecule is COc1ccccc1/C=C(/c1cccc(C#N)c1)c1ccccc1OC. The summed E-state index contributed by atoms with van der Waals surface area (Å²) in [6.45, 7) is 0. The summed E-state index contributed by atoms with van der Waals surface area (Å²) in [5, 5.41) is 9.27. The van der Waals surface area contributed by atoms with Gasteiger partial charge in [-0.05, 0) is 41.5 Å². The molecule has 3 nitrogen and oxygen atoms in total. The van der Waals surface area contributed by atoms with Crippen molar-refractivity contribution < 1.29 is 9.47 Å². The average Bonchev–Trinajstić information content (AvgIpc) is 2.72. The van der Waals surface area contributed by atoms with Gasteiger partial charge in [-0.25, -0.2) is 0 Å². The second-order valence-electron chi connectivity index (χ2n) is 5.69. The third-order valence-corrected chi connectivity index (χ3v) is 4.14. The van der Waals surface area contributed by atoms with E-state index in [4.69, 9.17) is 9.47 Å². The molecule has 3 aromatic rings. The summed E-state index contributed by atoms with van der Waals surface area (Å²) in [5.74, 6) is 1.56. The van der Waals surface area contributed by atoms with Crippen molar-refractivity contribution in [2.75, 3.05) is 14.2 Å². The molecule has 0 saturated heterocycles. The van der Waals surface area contributed by atoms with E-state index in [0.717, 1.165) is 33.8 Å². The predicted octanol–water partition coefficient (Wildman–Crippen LogP) is 5.16. The van der Waals surface area contributed by atoms with Crippen molar-refractivity contribution in [3.8, 4) is 17.6 Å². The standard InChI is InChI=1S/C23H19NO2/c1-25-22-12-5-3-9-19(22)15-21(18-10-7-8-17(14-18)16-24)20-11-4-6-13-23(20)26-2/h3-15H,1-2H3/b21-15-. The van der Waals surface area contributed by atoms with Gasteiger partial charge in [-0.1, -0.05) is 48.5 Å². The largest absolute Gasteiger partial charge is 0.496 e. The van der Waals surface area contributed by atoms with Crippen molar-refractivity contribution in [3.05, 3.63) is 95.1 Å². The number of benzene rings is 3.